The lowest BCUT2D eigenvalue weighted by Gasteiger charge is -2.36. The second-order valence-corrected chi connectivity index (χ2v) is 8.86. The van der Waals surface area contributed by atoms with Gasteiger partial charge in [-0.15, -0.1) is 10.2 Å². The number of aromatic nitrogens is 2. The van der Waals surface area contributed by atoms with Gasteiger partial charge in [-0.2, -0.15) is 0 Å². The van der Waals surface area contributed by atoms with Gasteiger partial charge in [0, 0.05) is 35.3 Å². The van der Waals surface area contributed by atoms with Crippen LogP contribution in [0.2, 0.25) is 0 Å². The Kier molecular flexibility index (Phi) is 5.73. The molecular formula is C28H29N3O2. The number of methoxy groups -OCH3 is 1. The van der Waals surface area contributed by atoms with Gasteiger partial charge in [-0.05, 0) is 44.5 Å². The van der Waals surface area contributed by atoms with Crippen molar-refractivity contribution in [3.05, 3.63) is 72.3 Å². The van der Waals surface area contributed by atoms with Crippen molar-refractivity contribution in [2.24, 2.45) is 0 Å². The summed E-state index contributed by atoms with van der Waals surface area (Å²) in [5.74, 6) is 0.746. The average Bonchev–Trinajstić information content (AvgIpc) is 2.83. The minimum absolute atomic E-state index is 0.225. The van der Waals surface area contributed by atoms with Crippen LogP contribution in [0, 0.1) is 6.92 Å². The highest BCUT2D eigenvalue weighted by Gasteiger charge is 2.23. The zero-order valence-corrected chi connectivity index (χ0v) is 19.6. The summed E-state index contributed by atoms with van der Waals surface area (Å²) in [5, 5.41) is 10.2. The van der Waals surface area contributed by atoms with E-state index >= 15 is 0 Å². The van der Waals surface area contributed by atoms with Crippen LogP contribution < -0.4 is 9.64 Å². The summed E-state index contributed by atoms with van der Waals surface area (Å²) in [6, 6.07) is 23.2. The maximum absolute atomic E-state index is 5.87. The summed E-state index contributed by atoms with van der Waals surface area (Å²) in [6.45, 7) is 8.12. The van der Waals surface area contributed by atoms with E-state index in [0.29, 0.717) is 0 Å². The summed E-state index contributed by atoms with van der Waals surface area (Å²) in [5.41, 5.74) is 7.17. The Labute approximate surface area is 195 Å². The molecule has 0 N–H and O–H groups in total. The number of fused-ring (bicyclic) bond motifs is 1. The molecule has 0 saturated carbocycles. The maximum atomic E-state index is 5.87. The highest BCUT2D eigenvalue weighted by molar-refractivity contribution is 5.99. The minimum atomic E-state index is 0.225. The molecule has 5 heteroatoms. The summed E-state index contributed by atoms with van der Waals surface area (Å²) < 4.78 is 11.7. The molecule has 2 atom stereocenters. The van der Waals surface area contributed by atoms with E-state index in [4.69, 9.17) is 9.47 Å². The number of ether oxygens (including phenoxy) is 2. The van der Waals surface area contributed by atoms with Crippen molar-refractivity contribution < 1.29 is 9.47 Å². The summed E-state index contributed by atoms with van der Waals surface area (Å²) in [7, 11) is 1.70. The van der Waals surface area contributed by atoms with Crippen molar-refractivity contribution in [2.45, 2.75) is 33.0 Å². The van der Waals surface area contributed by atoms with Crippen LogP contribution in [-0.2, 0) is 4.74 Å². The molecule has 1 fully saturated rings. The van der Waals surface area contributed by atoms with Gasteiger partial charge in [0.2, 0.25) is 0 Å². The lowest BCUT2D eigenvalue weighted by atomic mass is 9.99. The third-order valence-corrected chi connectivity index (χ3v) is 6.24. The third kappa shape index (κ3) is 4.16. The fraction of sp³-hybridized carbons (Fsp3) is 0.286. The molecule has 0 spiro atoms. The first-order valence-electron chi connectivity index (χ1n) is 11.4. The zero-order chi connectivity index (χ0) is 22.9. The van der Waals surface area contributed by atoms with Gasteiger partial charge in [0.15, 0.2) is 5.75 Å². The fourth-order valence-electron chi connectivity index (χ4n) is 4.69. The number of nitrogens with zero attached hydrogens (tertiary/aromatic N) is 3. The third-order valence-electron chi connectivity index (χ3n) is 6.24. The van der Waals surface area contributed by atoms with E-state index in [2.05, 4.69) is 103 Å². The van der Waals surface area contributed by atoms with Crippen LogP contribution in [0.4, 0.5) is 5.69 Å². The van der Waals surface area contributed by atoms with Gasteiger partial charge in [0.1, 0.15) is 11.2 Å². The molecule has 1 aliphatic rings. The monoisotopic (exact) mass is 439 g/mol. The lowest BCUT2D eigenvalue weighted by Crippen LogP contribution is -2.45. The topological polar surface area (TPSA) is 47.5 Å². The number of morpholine rings is 1. The first-order chi connectivity index (χ1) is 16.0. The minimum Gasteiger partial charge on any atom is -0.494 e. The molecule has 4 aromatic rings. The van der Waals surface area contributed by atoms with Gasteiger partial charge in [-0.1, -0.05) is 54.1 Å². The second kappa shape index (κ2) is 8.83. The molecule has 0 aliphatic carbocycles. The Morgan fingerprint density at radius 3 is 2.18 bits per heavy atom. The molecule has 0 radical (unpaired) electrons. The van der Waals surface area contributed by atoms with E-state index in [1.807, 2.05) is 0 Å². The first kappa shape index (κ1) is 21.4. The molecule has 1 aliphatic heterocycles. The van der Waals surface area contributed by atoms with E-state index < -0.39 is 0 Å². The van der Waals surface area contributed by atoms with Crippen LogP contribution in [0.5, 0.6) is 5.75 Å². The van der Waals surface area contributed by atoms with Crippen molar-refractivity contribution in [3.63, 3.8) is 0 Å². The van der Waals surface area contributed by atoms with Crippen LogP contribution in [-0.4, -0.2) is 42.6 Å². The van der Waals surface area contributed by atoms with Gasteiger partial charge in [0.25, 0.3) is 0 Å². The number of benzene rings is 3. The van der Waals surface area contributed by atoms with E-state index in [0.717, 1.165) is 52.1 Å². The Balaban J connectivity index is 1.53. The van der Waals surface area contributed by atoms with E-state index in [1.54, 1.807) is 7.11 Å². The van der Waals surface area contributed by atoms with E-state index in [9.17, 15) is 0 Å². The van der Waals surface area contributed by atoms with Crippen molar-refractivity contribution in [2.75, 3.05) is 25.1 Å². The molecule has 0 amide bonds. The molecule has 2 unspecified atom stereocenters. The average molecular weight is 440 g/mol. The zero-order valence-electron chi connectivity index (χ0n) is 19.6. The van der Waals surface area contributed by atoms with Crippen LogP contribution in [0.15, 0.2) is 66.7 Å². The Bertz CT molecular complexity index is 1260. The Hall–Kier alpha value is -3.44. The Morgan fingerprint density at radius 2 is 1.52 bits per heavy atom. The molecule has 33 heavy (non-hydrogen) atoms. The van der Waals surface area contributed by atoms with Crippen LogP contribution in [0.25, 0.3) is 33.3 Å². The standard InChI is InChI=1S/C28H29N3O2/c1-18-8-10-21(11-9-18)24-6-5-7-25-27(24)30-29-26(28(25)32-4)22-12-14-23(15-13-22)31-16-19(2)33-20(3)17-31/h5-15,19-20H,16-17H2,1-4H3. The quantitative estimate of drug-likeness (QED) is 0.397. The lowest BCUT2D eigenvalue weighted by molar-refractivity contribution is -0.00521. The van der Waals surface area contributed by atoms with E-state index in [-0.39, 0.29) is 12.2 Å². The fourth-order valence-corrected chi connectivity index (χ4v) is 4.69. The molecule has 5 rings (SSSR count). The van der Waals surface area contributed by atoms with Crippen LogP contribution in [0.1, 0.15) is 19.4 Å². The molecule has 1 saturated heterocycles. The molecule has 2 heterocycles. The van der Waals surface area contributed by atoms with Crippen molar-refractivity contribution in [1.29, 1.82) is 0 Å². The van der Waals surface area contributed by atoms with Crippen molar-refractivity contribution in [3.8, 4) is 28.1 Å². The van der Waals surface area contributed by atoms with Crippen molar-refractivity contribution >= 4 is 16.6 Å². The Morgan fingerprint density at radius 1 is 0.848 bits per heavy atom. The predicted molar refractivity (Wildman–Crippen MR) is 134 cm³/mol. The molecule has 5 nitrogen and oxygen atoms in total. The highest BCUT2D eigenvalue weighted by Crippen LogP contribution is 2.38. The number of hydrogen-bond donors (Lipinski definition) is 0. The summed E-state index contributed by atoms with van der Waals surface area (Å²) in [4.78, 5) is 2.37. The molecule has 3 aromatic carbocycles. The van der Waals surface area contributed by atoms with Crippen LogP contribution >= 0.6 is 0 Å². The molecule has 0 bridgehead atoms. The van der Waals surface area contributed by atoms with Crippen LogP contribution in [0.3, 0.4) is 0 Å². The van der Waals surface area contributed by atoms with Gasteiger partial charge in [0.05, 0.1) is 19.3 Å². The summed E-state index contributed by atoms with van der Waals surface area (Å²) in [6.07, 6.45) is 0.449. The van der Waals surface area contributed by atoms with Crippen molar-refractivity contribution in [1.82, 2.24) is 10.2 Å². The maximum Gasteiger partial charge on any atom is 0.156 e. The molecule has 168 valence electrons. The smallest absolute Gasteiger partial charge is 0.156 e. The number of hydrogen-bond acceptors (Lipinski definition) is 5. The van der Waals surface area contributed by atoms with Gasteiger partial charge >= 0.3 is 0 Å². The second-order valence-electron chi connectivity index (χ2n) is 8.86. The van der Waals surface area contributed by atoms with Gasteiger partial charge in [-0.3, -0.25) is 0 Å². The van der Waals surface area contributed by atoms with E-state index in [1.165, 1.54) is 11.3 Å². The number of aryl methyl sites for hydroxylation is 1. The first-order valence-corrected chi connectivity index (χ1v) is 11.4. The molecule has 1 aromatic heterocycles. The molecular weight excluding hydrogens is 410 g/mol. The predicted octanol–water partition coefficient (Wildman–Crippen LogP) is 5.89. The highest BCUT2D eigenvalue weighted by atomic mass is 16.5. The SMILES string of the molecule is COc1c(-c2ccc(N3CC(C)OC(C)C3)cc2)nnc2c(-c3ccc(C)cc3)cccc12. The number of anilines is 1. The van der Waals surface area contributed by atoms with Gasteiger partial charge < -0.3 is 14.4 Å². The normalized spacial score (nSPS) is 18.5. The number of rotatable bonds is 4. The van der Waals surface area contributed by atoms with Gasteiger partial charge in [-0.25, -0.2) is 0 Å². The largest absolute Gasteiger partial charge is 0.494 e. The summed E-state index contributed by atoms with van der Waals surface area (Å²) >= 11 is 0.